The monoisotopic (exact) mass is 337 g/mol. The average molecular weight is 338 g/mol. The van der Waals surface area contributed by atoms with Crippen LogP contribution in [0.25, 0.3) is 0 Å². The highest BCUT2D eigenvalue weighted by atomic mass is 79.9. The van der Waals surface area contributed by atoms with Crippen molar-refractivity contribution < 1.29 is 23.4 Å². The summed E-state index contributed by atoms with van der Waals surface area (Å²) in [7, 11) is -3.79. The smallest absolute Gasteiger partial charge is 0.335 e. The Bertz CT molecular complexity index is 557. The summed E-state index contributed by atoms with van der Waals surface area (Å²) in [6.07, 6.45) is 0. The van der Waals surface area contributed by atoms with E-state index < -0.39 is 22.0 Å². The van der Waals surface area contributed by atoms with Gasteiger partial charge in [-0.15, -0.1) is 0 Å². The second kappa shape index (κ2) is 5.79. The zero-order valence-electron chi connectivity index (χ0n) is 9.42. The molecule has 0 aromatic heterocycles. The van der Waals surface area contributed by atoms with Gasteiger partial charge in [0.25, 0.3) is 0 Å². The molecule has 0 aliphatic carbocycles. The van der Waals surface area contributed by atoms with Crippen LogP contribution in [0.15, 0.2) is 27.6 Å². The summed E-state index contributed by atoms with van der Waals surface area (Å²) in [6.45, 7) is 1.18. The van der Waals surface area contributed by atoms with Crippen molar-refractivity contribution in [1.82, 2.24) is 4.72 Å². The molecular formula is C10H12BrNO5S. The van der Waals surface area contributed by atoms with E-state index in [-0.39, 0.29) is 21.5 Å². The van der Waals surface area contributed by atoms with Crippen molar-refractivity contribution in [2.24, 2.45) is 0 Å². The minimum absolute atomic E-state index is 0.0176. The summed E-state index contributed by atoms with van der Waals surface area (Å²) < 4.78 is 26.2. The molecule has 0 amide bonds. The quantitative estimate of drug-likeness (QED) is 0.737. The van der Waals surface area contributed by atoms with Gasteiger partial charge in [-0.1, -0.05) is 0 Å². The van der Waals surface area contributed by atoms with Crippen molar-refractivity contribution in [3.05, 3.63) is 28.2 Å². The lowest BCUT2D eigenvalue weighted by atomic mass is 10.2. The van der Waals surface area contributed by atoms with Gasteiger partial charge in [-0.05, 0) is 41.1 Å². The van der Waals surface area contributed by atoms with E-state index in [9.17, 15) is 13.2 Å². The SMILES string of the molecule is CC(CO)NS(=O)(=O)c1ccc(C(=O)O)cc1Br. The van der Waals surface area contributed by atoms with Gasteiger partial charge in [-0.3, -0.25) is 0 Å². The lowest BCUT2D eigenvalue weighted by Crippen LogP contribution is -2.35. The number of carboxylic acids is 1. The maximum atomic E-state index is 11.9. The fourth-order valence-corrected chi connectivity index (χ4v) is 3.53. The topological polar surface area (TPSA) is 104 Å². The number of aliphatic hydroxyl groups is 1. The summed E-state index contributed by atoms with van der Waals surface area (Å²) in [5, 5.41) is 17.6. The molecule has 0 heterocycles. The predicted octanol–water partition coefficient (Wildman–Crippen LogP) is 0.806. The molecule has 18 heavy (non-hydrogen) atoms. The van der Waals surface area contributed by atoms with Crippen LogP contribution in [0.4, 0.5) is 0 Å². The zero-order valence-corrected chi connectivity index (χ0v) is 11.8. The number of sulfonamides is 1. The van der Waals surface area contributed by atoms with E-state index in [1.807, 2.05) is 0 Å². The fraction of sp³-hybridized carbons (Fsp3) is 0.300. The molecule has 8 heteroatoms. The van der Waals surface area contributed by atoms with Crippen LogP contribution in [-0.2, 0) is 10.0 Å². The molecule has 0 bridgehead atoms. The molecule has 0 spiro atoms. The minimum Gasteiger partial charge on any atom is -0.478 e. The van der Waals surface area contributed by atoms with Gasteiger partial charge in [0, 0.05) is 10.5 Å². The number of hydrogen-bond donors (Lipinski definition) is 3. The van der Waals surface area contributed by atoms with Gasteiger partial charge in [0.1, 0.15) is 0 Å². The Labute approximate surface area is 113 Å². The highest BCUT2D eigenvalue weighted by Gasteiger charge is 2.20. The van der Waals surface area contributed by atoms with E-state index in [1.165, 1.54) is 25.1 Å². The number of nitrogens with one attached hydrogen (secondary N) is 1. The van der Waals surface area contributed by atoms with Gasteiger partial charge in [0.15, 0.2) is 0 Å². The number of aromatic carboxylic acids is 1. The Balaban J connectivity index is 3.14. The van der Waals surface area contributed by atoms with Crippen molar-refractivity contribution in [1.29, 1.82) is 0 Å². The molecular weight excluding hydrogens is 326 g/mol. The first-order chi connectivity index (χ1) is 8.27. The number of carbonyl (C=O) groups is 1. The number of hydrogen-bond acceptors (Lipinski definition) is 4. The second-order valence-electron chi connectivity index (χ2n) is 3.66. The Morgan fingerprint density at radius 3 is 2.56 bits per heavy atom. The van der Waals surface area contributed by atoms with Crippen LogP contribution in [-0.4, -0.2) is 37.2 Å². The maximum Gasteiger partial charge on any atom is 0.335 e. The molecule has 1 aromatic rings. The Morgan fingerprint density at radius 2 is 2.11 bits per heavy atom. The lowest BCUT2D eigenvalue weighted by Gasteiger charge is -2.12. The molecule has 6 nitrogen and oxygen atoms in total. The van der Waals surface area contributed by atoms with Crippen molar-refractivity contribution in [2.75, 3.05) is 6.61 Å². The standard InChI is InChI=1S/C10H12BrNO5S/c1-6(5-13)12-18(16,17)9-3-2-7(10(14)15)4-8(9)11/h2-4,6,12-13H,5H2,1H3,(H,14,15). The molecule has 1 atom stereocenters. The van der Waals surface area contributed by atoms with E-state index in [1.54, 1.807) is 0 Å². The molecule has 1 unspecified atom stereocenters. The van der Waals surface area contributed by atoms with E-state index in [4.69, 9.17) is 10.2 Å². The van der Waals surface area contributed by atoms with E-state index in [0.29, 0.717) is 0 Å². The van der Waals surface area contributed by atoms with Crippen LogP contribution in [0.2, 0.25) is 0 Å². The van der Waals surface area contributed by atoms with Crippen LogP contribution in [0.1, 0.15) is 17.3 Å². The van der Waals surface area contributed by atoms with Crippen LogP contribution in [0.5, 0.6) is 0 Å². The van der Waals surface area contributed by atoms with Gasteiger partial charge in [-0.25, -0.2) is 17.9 Å². The second-order valence-corrected chi connectivity index (χ2v) is 6.19. The van der Waals surface area contributed by atoms with Crippen LogP contribution >= 0.6 is 15.9 Å². The Morgan fingerprint density at radius 1 is 1.50 bits per heavy atom. The number of carboxylic acid groups (broad SMARTS) is 1. The highest BCUT2D eigenvalue weighted by Crippen LogP contribution is 2.23. The largest absolute Gasteiger partial charge is 0.478 e. The number of rotatable bonds is 5. The summed E-state index contributed by atoms with van der Waals surface area (Å²) >= 11 is 3.02. The first kappa shape index (κ1) is 15.1. The Kier molecular flexibility index (Phi) is 4.85. The van der Waals surface area contributed by atoms with E-state index in [2.05, 4.69) is 20.7 Å². The van der Waals surface area contributed by atoms with Gasteiger partial charge < -0.3 is 10.2 Å². The average Bonchev–Trinajstić information content (AvgIpc) is 2.27. The number of halogens is 1. The zero-order chi connectivity index (χ0) is 13.9. The summed E-state index contributed by atoms with van der Waals surface area (Å²) in [6, 6.07) is 2.98. The molecule has 0 radical (unpaired) electrons. The van der Waals surface area contributed by atoms with E-state index in [0.717, 1.165) is 0 Å². The molecule has 0 fully saturated rings. The molecule has 0 aliphatic rings. The molecule has 0 aliphatic heterocycles. The molecule has 3 N–H and O–H groups in total. The summed E-state index contributed by atoms with van der Waals surface area (Å²) in [5.74, 6) is -1.14. The Hall–Kier alpha value is -0.960. The van der Waals surface area contributed by atoms with Gasteiger partial charge in [-0.2, -0.15) is 0 Å². The summed E-state index contributed by atoms with van der Waals surface area (Å²) in [5.41, 5.74) is -0.0176. The molecule has 0 saturated carbocycles. The van der Waals surface area contributed by atoms with Crippen molar-refractivity contribution in [2.45, 2.75) is 17.9 Å². The van der Waals surface area contributed by atoms with Gasteiger partial charge in [0.05, 0.1) is 17.1 Å². The third-order valence-electron chi connectivity index (χ3n) is 2.10. The van der Waals surface area contributed by atoms with E-state index >= 15 is 0 Å². The van der Waals surface area contributed by atoms with Crippen molar-refractivity contribution in [3.8, 4) is 0 Å². The summed E-state index contributed by atoms with van der Waals surface area (Å²) in [4.78, 5) is 10.6. The maximum absolute atomic E-state index is 11.9. The van der Waals surface area contributed by atoms with Gasteiger partial charge in [0.2, 0.25) is 10.0 Å². The van der Waals surface area contributed by atoms with Crippen molar-refractivity contribution in [3.63, 3.8) is 0 Å². The van der Waals surface area contributed by atoms with Crippen molar-refractivity contribution >= 4 is 31.9 Å². The highest BCUT2D eigenvalue weighted by molar-refractivity contribution is 9.10. The normalized spacial score (nSPS) is 13.3. The number of aliphatic hydroxyl groups excluding tert-OH is 1. The van der Waals surface area contributed by atoms with Crippen LogP contribution in [0.3, 0.4) is 0 Å². The first-order valence-corrected chi connectivity index (χ1v) is 7.21. The predicted molar refractivity (Wildman–Crippen MR) is 68.0 cm³/mol. The third kappa shape index (κ3) is 3.52. The lowest BCUT2D eigenvalue weighted by molar-refractivity contribution is 0.0696. The van der Waals surface area contributed by atoms with Gasteiger partial charge >= 0.3 is 5.97 Å². The molecule has 0 saturated heterocycles. The van der Waals surface area contributed by atoms with Crippen LogP contribution in [0, 0.1) is 0 Å². The molecule has 1 aromatic carbocycles. The molecule has 100 valence electrons. The molecule has 1 rings (SSSR count). The fourth-order valence-electron chi connectivity index (χ4n) is 1.22. The minimum atomic E-state index is -3.79. The number of benzene rings is 1. The first-order valence-electron chi connectivity index (χ1n) is 4.94. The van der Waals surface area contributed by atoms with Crippen LogP contribution < -0.4 is 4.72 Å². The third-order valence-corrected chi connectivity index (χ3v) is 4.66.